The van der Waals surface area contributed by atoms with E-state index in [0.29, 0.717) is 37.4 Å². The van der Waals surface area contributed by atoms with E-state index >= 15 is 0 Å². The van der Waals surface area contributed by atoms with Gasteiger partial charge in [-0.25, -0.2) is 8.42 Å². The van der Waals surface area contributed by atoms with Gasteiger partial charge in [-0.3, -0.25) is 0 Å². The highest BCUT2D eigenvalue weighted by molar-refractivity contribution is 7.93. The molecule has 0 N–H and O–H groups in total. The van der Waals surface area contributed by atoms with Crippen LogP contribution in [-0.2, 0) is 19.3 Å². The van der Waals surface area contributed by atoms with Crippen molar-refractivity contribution < 1.29 is 17.9 Å². The van der Waals surface area contributed by atoms with Gasteiger partial charge in [0.25, 0.3) is 0 Å². The van der Waals surface area contributed by atoms with Gasteiger partial charge in [0.05, 0.1) is 22.9 Å². The van der Waals surface area contributed by atoms with E-state index in [1.807, 2.05) is 6.07 Å². The molecule has 4 nitrogen and oxygen atoms in total. The zero-order valence-corrected chi connectivity index (χ0v) is 13.2. The maximum atomic E-state index is 13.1. The Morgan fingerprint density at radius 2 is 1.77 bits per heavy atom. The van der Waals surface area contributed by atoms with Crippen LogP contribution in [0.3, 0.4) is 0 Å². The zero-order valence-electron chi connectivity index (χ0n) is 12.4. The summed E-state index contributed by atoms with van der Waals surface area (Å²) < 4.78 is 36.6. The quantitative estimate of drug-likeness (QED) is 0.801. The second-order valence-corrected chi connectivity index (χ2v) is 8.01. The van der Waals surface area contributed by atoms with E-state index in [0.717, 1.165) is 0 Å². The molecule has 0 saturated carbocycles. The third kappa shape index (κ3) is 2.43. The molecule has 0 aromatic heterocycles. The van der Waals surface area contributed by atoms with Crippen LogP contribution < -0.4 is 0 Å². The van der Waals surface area contributed by atoms with Crippen LogP contribution in [0, 0.1) is 0 Å². The van der Waals surface area contributed by atoms with Crippen LogP contribution >= 0.6 is 0 Å². The topological polar surface area (TPSA) is 52.6 Å². The van der Waals surface area contributed by atoms with E-state index in [-0.39, 0.29) is 0 Å². The van der Waals surface area contributed by atoms with Crippen LogP contribution in [0.1, 0.15) is 19.3 Å². The average molecular weight is 320 g/mol. The van der Waals surface area contributed by atoms with Crippen LogP contribution in [-0.4, -0.2) is 32.2 Å². The summed E-state index contributed by atoms with van der Waals surface area (Å²) in [6.45, 7) is 4.83. The fourth-order valence-corrected chi connectivity index (χ4v) is 5.06. The van der Waals surface area contributed by atoms with Gasteiger partial charge in [0.15, 0.2) is 15.6 Å². The van der Waals surface area contributed by atoms with Gasteiger partial charge in [-0.15, -0.1) is 6.58 Å². The summed E-state index contributed by atoms with van der Waals surface area (Å²) in [5, 5.41) is 0. The number of sulfone groups is 1. The Morgan fingerprint density at radius 3 is 2.32 bits per heavy atom. The van der Waals surface area contributed by atoms with E-state index in [1.54, 1.807) is 42.5 Å². The summed E-state index contributed by atoms with van der Waals surface area (Å²) in [5.41, 5.74) is 0. The van der Waals surface area contributed by atoms with Gasteiger partial charge in [-0.1, -0.05) is 30.4 Å². The Kier molecular flexibility index (Phi) is 3.97. The molecular weight excluding hydrogens is 300 g/mol. The van der Waals surface area contributed by atoms with Crippen LogP contribution in [0.15, 0.2) is 60.0 Å². The van der Waals surface area contributed by atoms with Crippen molar-refractivity contribution in [2.75, 3.05) is 13.2 Å². The van der Waals surface area contributed by atoms with Crippen LogP contribution in [0.2, 0.25) is 0 Å². The predicted octanol–water partition coefficient (Wildman–Crippen LogP) is 2.87. The van der Waals surface area contributed by atoms with Crippen molar-refractivity contribution in [1.82, 2.24) is 0 Å². The summed E-state index contributed by atoms with van der Waals surface area (Å²) in [7, 11) is -3.50. The zero-order chi connectivity index (χ0) is 15.7. The lowest BCUT2D eigenvalue weighted by atomic mass is 9.88. The average Bonchev–Trinajstić information content (AvgIpc) is 2.99. The summed E-state index contributed by atoms with van der Waals surface area (Å²) in [6, 6.07) is 8.57. The first-order valence-electron chi connectivity index (χ1n) is 7.43. The number of ether oxygens (including phenoxy) is 2. The maximum Gasteiger partial charge on any atom is 0.188 e. The molecule has 0 amide bonds. The summed E-state index contributed by atoms with van der Waals surface area (Å²) in [5.74, 6) is -0.739. The van der Waals surface area contributed by atoms with Crippen molar-refractivity contribution in [2.45, 2.75) is 34.7 Å². The lowest BCUT2D eigenvalue weighted by molar-refractivity contribution is -0.126. The first-order chi connectivity index (χ1) is 10.5. The molecular formula is C17H20O4S. The standard InChI is InChI=1S/C17H20O4S/c1-2-8-16(22(18,19)15-6-4-3-5-7-15)9-11-17(12-10-16)20-13-14-21-17/h2-7,9,11H,1,8,10,12-14H2/t16-/m1/s1. The Bertz CT molecular complexity index is 672. The molecule has 1 aromatic carbocycles. The molecule has 5 heteroatoms. The molecule has 1 saturated heterocycles. The van der Waals surface area contributed by atoms with Gasteiger partial charge in [0.1, 0.15) is 0 Å². The first kappa shape index (κ1) is 15.5. The van der Waals surface area contributed by atoms with Crippen LogP contribution in [0.4, 0.5) is 0 Å². The molecule has 0 unspecified atom stereocenters. The van der Waals surface area contributed by atoms with Gasteiger partial charge in [0, 0.05) is 6.42 Å². The van der Waals surface area contributed by atoms with Gasteiger partial charge in [0.2, 0.25) is 0 Å². The Balaban J connectivity index is 2.02. The Morgan fingerprint density at radius 1 is 1.09 bits per heavy atom. The van der Waals surface area contributed by atoms with E-state index in [4.69, 9.17) is 9.47 Å². The largest absolute Gasteiger partial charge is 0.344 e. The number of benzene rings is 1. The minimum absolute atomic E-state index is 0.339. The van der Waals surface area contributed by atoms with Crippen LogP contribution in [0.5, 0.6) is 0 Å². The number of hydrogen-bond donors (Lipinski definition) is 0. The maximum absolute atomic E-state index is 13.1. The Hall–Kier alpha value is -1.43. The minimum Gasteiger partial charge on any atom is -0.344 e. The summed E-state index contributed by atoms with van der Waals surface area (Å²) in [6.07, 6.45) is 6.53. The van der Waals surface area contributed by atoms with Crippen molar-refractivity contribution in [3.05, 3.63) is 55.1 Å². The molecule has 118 valence electrons. The molecule has 22 heavy (non-hydrogen) atoms. The SMILES string of the molecule is C=CC[C@@]1(S(=O)(=O)c2ccccc2)C=CC2(CC1)OCCO2. The molecule has 1 atom stereocenters. The Labute approximate surface area is 131 Å². The van der Waals surface area contributed by atoms with Gasteiger partial charge in [-0.05, 0) is 31.1 Å². The molecule has 2 aliphatic rings. The molecule has 0 radical (unpaired) electrons. The summed E-state index contributed by atoms with van der Waals surface area (Å²) >= 11 is 0. The summed E-state index contributed by atoms with van der Waals surface area (Å²) in [4.78, 5) is 0.339. The molecule has 1 aromatic rings. The predicted molar refractivity (Wildman–Crippen MR) is 84.2 cm³/mol. The van der Waals surface area contributed by atoms with E-state index in [9.17, 15) is 8.42 Å². The lowest BCUT2D eigenvalue weighted by Crippen LogP contribution is -2.44. The number of rotatable bonds is 4. The smallest absolute Gasteiger partial charge is 0.188 e. The number of allylic oxidation sites excluding steroid dienone is 1. The highest BCUT2D eigenvalue weighted by atomic mass is 32.2. The van der Waals surface area contributed by atoms with Crippen LogP contribution in [0.25, 0.3) is 0 Å². The third-order valence-corrected chi connectivity index (χ3v) is 6.86. The second kappa shape index (κ2) is 5.65. The van der Waals surface area contributed by atoms with Crippen molar-refractivity contribution in [1.29, 1.82) is 0 Å². The lowest BCUT2D eigenvalue weighted by Gasteiger charge is -2.37. The van der Waals surface area contributed by atoms with Crippen molar-refractivity contribution in [3.8, 4) is 0 Å². The van der Waals surface area contributed by atoms with E-state index < -0.39 is 20.4 Å². The highest BCUT2D eigenvalue weighted by Crippen LogP contribution is 2.43. The van der Waals surface area contributed by atoms with Crippen molar-refractivity contribution >= 4 is 9.84 Å². The van der Waals surface area contributed by atoms with Gasteiger partial charge in [-0.2, -0.15) is 0 Å². The van der Waals surface area contributed by atoms with Crippen molar-refractivity contribution in [2.24, 2.45) is 0 Å². The highest BCUT2D eigenvalue weighted by Gasteiger charge is 2.48. The minimum atomic E-state index is -3.50. The fraction of sp³-hybridized carbons (Fsp3) is 0.412. The molecule has 1 spiro atoms. The number of hydrogen-bond acceptors (Lipinski definition) is 4. The molecule has 3 rings (SSSR count). The van der Waals surface area contributed by atoms with Gasteiger partial charge >= 0.3 is 0 Å². The molecule has 1 aliphatic heterocycles. The molecule has 0 bridgehead atoms. The monoisotopic (exact) mass is 320 g/mol. The first-order valence-corrected chi connectivity index (χ1v) is 8.91. The van der Waals surface area contributed by atoms with Crippen molar-refractivity contribution in [3.63, 3.8) is 0 Å². The van der Waals surface area contributed by atoms with E-state index in [1.165, 1.54) is 0 Å². The molecule has 1 aliphatic carbocycles. The van der Waals surface area contributed by atoms with E-state index in [2.05, 4.69) is 6.58 Å². The molecule has 1 heterocycles. The molecule has 1 fully saturated rings. The normalized spacial score (nSPS) is 27.1. The third-order valence-electron chi connectivity index (χ3n) is 4.39. The van der Waals surface area contributed by atoms with Gasteiger partial charge < -0.3 is 9.47 Å². The second-order valence-electron chi connectivity index (χ2n) is 5.72. The fourth-order valence-electron chi connectivity index (χ4n) is 3.12.